The first kappa shape index (κ1) is 11.1. The SMILES string of the molecule is FC1(F)CCC(c2noc([C@H]3CCCN3)n2)C1. The molecule has 2 heterocycles. The molecule has 4 nitrogen and oxygen atoms in total. The summed E-state index contributed by atoms with van der Waals surface area (Å²) < 4.78 is 31.3. The van der Waals surface area contributed by atoms with E-state index in [1.165, 1.54) is 0 Å². The van der Waals surface area contributed by atoms with E-state index in [9.17, 15) is 8.78 Å². The van der Waals surface area contributed by atoms with Gasteiger partial charge in [0.25, 0.3) is 0 Å². The zero-order valence-electron chi connectivity index (χ0n) is 9.46. The van der Waals surface area contributed by atoms with Gasteiger partial charge in [-0.15, -0.1) is 0 Å². The normalized spacial score (nSPS) is 32.1. The van der Waals surface area contributed by atoms with Crippen LogP contribution in [0.5, 0.6) is 0 Å². The molecule has 2 aliphatic rings. The van der Waals surface area contributed by atoms with Gasteiger partial charge in [-0.3, -0.25) is 0 Å². The summed E-state index contributed by atoms with van der Waals surface area (Å²) in [6.45, 7) is 0.948. The second-order valence-electron chi connectivity index (χ2n) is 4.94. The van der Waals surface area contributed by atoms with Crippen LogP contribution in [0.3, 0.4) is 0 Å². The number of aromatic nitrogens is 2. The molecule has 1 aliphatic heterocycles. The Kier molecular flexibility index (Phi) is 2.61. The molecule has 1 unspecified atom stereocenters. The third-order valence-corrected chi connectivity index (χ3v) is 3.58. The topological polar surface area (TPSA) is 51.0 Å². The van der Waals surface area contributed by atoms with E-state index in [-0.39, 0.29) is 24.8 Å². The minimum atomic E-state index is -2.56. The van der Waals surface area contributed by atoms with Crippen LogP contribution >= 0.6 is 0 Å². The van der Waals surface area contributed by atoms with Crippen molar-refractivity contribution >= 4 is 0 Å². The Balaban J connectivity index is 1.72. The van der Waals surface area contributed by atoms with E-state index in [4.69, 9.17) is 4.52 Å². The molecule has 1 aliphatic carbocycles. The molecular formula is C11H15F2N3O. The Morgan fingerprint density at radius 3 is 2.88 bits per heavy atom. The first-order valence-electron chi connectivity index (χ1n) is 6.09. The molecule has 17 heavy (non-hydrogen) atoms. The summed E-state index contributed by atoms with van der Waals surface area (Å²) in [5, 5.41) is 7.10. The van der Waals surface area contributed by atoms with Crippen molar-refractivity contribution < 1.29 is 13.3 Å². The molecule has 1 saturated carbocycles. The monoisotopic (exact) mass is 243 g/mol. The zero-order chi connectivity index (χ0) is 11.9. The van der Waals surface area contributed by atoms with Crippen molar-refractivity contribution in [2.45, 2.75) is 50.0 Å². The lowest BCUT2D eigenvalue weighted by molar-refractivity contribution is 0.00750. The van der Waals surface area contributed by atoms with Gasteiger partial charge in [-0.2, -0.15) is 4.98 Å². The number of alkyl halides is 2. The summed E-state index contributed by atoms with van der Waals surface area (Å²) in [7, 11) is 0. The van der Waals surface area contributed by atoms with Crippen LogP contribution in [0.25, 0.3) is 0 Å². The molecule has 1 N–H and O–H groups in total. The van der Waals surface area contributed by atoms with Crippen molar-refractivity contribution in [3.63, 3.8) is 0 Å². The van der Waals surface area contributed by atoms with Crippen molar-refractivity contribution in [3.05, 3.63) is 11.7 Å². The van der Waals surface area contributed by atoms with E-state index in [1.54, 1.807) is 0 Å². The van der Waals surface area contributed by atoms with E-state index < -0.39 is 5.92 Å². The Hall–Kier alpha value is -1.04. The minimum Gasteiger partial charge on any atom is -0.338 e. The van der Waals surface area contributed by atoms with Crippen molar-refractivity contribution in [3.8, 4) is 0 Å². The highest BCUT2D eigenvalue weighted by molar-refractivity contribution is 5.04. The maximum absolute atomic E-state index is 13.1. The van der Waals surface area contributed by atoms with E-state index >= 15 is 0 Å². The lowest BCUT2D eigenvalue weighted by Gasteiger charge is -2.06. The van der Waals surface area contributed by atoms with Crippen LogP contribution in [-0.4, -0.2) is 22.6 Å². The maximum Gasteiger partial charge on any atom is 0.248 e. The van der Waals surface area contributed by atoms with Crippen LogP contribution in [0.1, 0.15) is 55.8 Å². The molecule has 3 rings (SSSR count). The first-order valence-corrected chi connectivity index (χ1v) is 6.09. The molecule has 0 amide bonds. The predicted molar refractivity (Wildman–Crippen MR) is 55.8 cm³/mol. The fourth-order valence-corrected chi connectivity index (χ4v) is 2.62. The zero-order valence-corrected chi connectivity index (χ0v) is 9.46. The standard InChI is InChI=1S/C11H15F2N3O/c12-11(13)4-3-7(6-11)9-15-10(17-16-9)8-2-1-5-14-8/h7-8,14H,1-6H2/t7?,8-/m1/s1. The van der Waals surface area contributed by atoms with Crippen LogP contribution in [0.2, 0.25) is 0 Å². The summed E-state index contributed by atoms with van der Waals surface area (Å²) in [5.74, 6) is -1.81. The smallest absolute Gasteiger partial charge is 0.248 e. The molecule has 1 aromatic rings. The van der Waals surface area contributed by atoms with Gasteiger partial charge in [0.1, 0.15) is 0 Å². The largest absolute Gasteiger partial charge is 0.338 e. The summed E-state index contributed by atoms with van der Waals surface area (Å²) in [6.07, 6.45) is 2.30. The Morgan fingerprint density at radius 2 is 2.24 bits per heavy atom. The highest BCUT2D eigenvalue weighted by Gasteiger charge is 2.42. The van der Waals surface area contributed by atoms with Gasteiger partial charge in [0, 0.05) is 18.8 Å². The van der Waals surface area contributed by atoms with Crippen LogP contribution in [0, 0.1) is 0 Å². The third-order valence-electron chi connectivity index (χ3n) is 3.58. The van der Waals surface area contributed by atoms with E-state index in [0.29, 0.717) is 18.1 Å². The molecule has 0 bridgehead atoms. The molecule has 0 aromatic carbocycles. The van der Waals surface area contributed by atoms with Gasteiger partial charge < -0.3 is 9.84 Å². The number of halogens is 2. The molecule has 6 heteroatoms. The third kappa shape index (κ3) is 2.18. The predicted octanol–water partition coefficient (Wildman–Crippen LogP) is 2.40. The molecule has 0 spiro atoms. The number of hydrogen-bond donors (Lipinski definition) is 1. The number of hydrogen-bond acceptors (Lipinski definition) is 4. The molecular weight excluding hydrogens is 228 g/mol. The molecule has 1 aromatic heterocycles. The highest BCUT2D eigenvalue weighted by Crippen LogP contribution is 2.43. The average Bonchev–Trinajstić information content (AvgIpc) is 2.93. The van der Waals surface area contributed by atoms with Crippen molar-refractivity contribution in [1.82, 2.24) is 15.5 Å². The fraction of sp³-hybridized carbons (Fsp3) is 0.818. The van der Waals surface area contributed by atoms with Crippen molar-refractivity contribution in [1.29, 1.82) is 0 Å². The lowest BCUT2D eigenvalue weighted by atomic mass is 10.1. The van der Waals surface area contributed by atoms with Gasteiger partial charge in [0.2, 0.25) is 11.8 Å². The van der Waals surface area contributed by atoms with E-state index in [2.05, 4.69) is 15.5 Å². The number of nitrogens with one attached hydrogen (secondary N) is 1. The van der Waals surface area contributed by atoms with Crippen LogP contribution in [-0.2, 0) is 0 Å². The van der Waals surface area contributed by atoms with Gasteiger partial charge in [-0.25, -0.2) is 8.78 Å². The Morgan fingerprint density at radius 1 is 1.35 bits per heavy atom. The quantitative estimate of drug-likeness (QED) is 0.866. The second kappa shape index (κ2) is 4.01. The molecule has 94 valence electrons. The summed E-state index contributed by atoms with van der Waals surface area (Å²) in [5.41, 5.74) is 0. The summed E-state index contributed by atoms with van der Waals surface area (Å²) >= 11 is 0. The second-order valence-corrected chi connectivity index (χ2v) is 4.94. The van der Waals surface area contributed by atoms with Crippen molar-refractivity contribution in [2.24, 2.45) is 0 Å². The summed E-state index contributed by atoms with van der Waals surface area (Å²) in [4.78, 5) is 4.27. The van der Waals surface area contributed by atoms with Crippen LogP contribution in [0.15, 0.2) is 4.52 Å². The van der Waals surface area contributed by atoms with Gasteiger partial charge >= 0.3 is 0 Å². The van der Waals surface area contributed by atoms with E-state index in [1.807, 2.05) is 0 Å². The van der Waals surface area contributed by atoms with Crippen molar-refractivity contribution in [2.75, 3.05) is 6.54 Å². The average molecular weight is 243 g/mol. The highest BCUT2D eigenvalue weighted by atomic mass is 19.3. The van der Waals surface area contributed by atoms with Gasteiger partial charge in [-0.05, 0) is 25.8 Å². The van der Waals surface area contributed by atoms with Crippen LogP contribution < -0.4 is 5.32 Å². The number of rotatable bonds is 2. The van der Waals surface area contributed by atoms with Gasteiger partial charge in [0.05, 0.1) is 6.04 Å². The van der Waals surface area contributed by atoms with Crippen LogP contribution in [0.4, 0.5) is 8.78 Å². The Bertz CT molecular complexity index is 401. The summed E-state index contributed by atoms with van der Waals surface area (Å²) in [6, 6.07) is 0.109. The van der Waals surface area contributed by atoms with E-state index in [0.717, 1.165) is 19.4 Å². The number of nitrogens with zero attached hydrogens (tertiary/aromatic N) is 2. The first-order chi connectivity index (χ1) is 8.14. The molecule has 1 saturated heterocycles. The minimum absolute atomic E-state index is 0.0663. The van der Waals surface area contributed by atoms with Gasteiger partial charge in [-0.1, -0.05) is 5.16 Å². The fourth-order valence-electron chi connectivity index (χ4n) is 2.62. The lowest BCUT2D eigenvalue weighted by Crippen LogP contribution is -2.13. The maximum atomic E-state index is 13.1. The van der Waals surface area contributed by atoms with Gasteiger partial charge in [0.15, 0.2) is 5.82 Å². The Labute approximate surface area is 97.8 Å². The molecule has 0 radical (unpaired) electrons. The molecule has 2 fully saturated rings. The molecule has 2 atom stereocenters.